The molecule has 1 N–H and O–H groups in total. The van der Waals surface area contributed by atoms with E-state index in [2.05, 4.69) is 27.4 Å². The Labute approximate surface area is 159 Å². The molecule has 1 aromatic carbocycles. The van der Waals surface area contributed by atoms with E-state index in [0.29, 0.717) is 23.3 Å². The maximum absolute atomic E-state index is 13.3. The molecule has 3 atom stereocenters. The van der Waals surface area contributed by atoms with E-state index in [1.807, 2.05) is 17.0 Å². The minimum Gasteiger partial charge on any atom is -0.497 e. The molecule has 2 aliphatic heterocycles. The fourth-order valence-corrected chi connectivity index (χ4v) is 4.52. The highest BCUT2D eigenvalue weighted by molar-refractivity contribution is 5.94. The first-order valence-corrected chi connectivity index (χ1v) is 9.72. The van der Waals surface area contributed by atoms with Crippen LogP contribution < -0.4 is 10.1 Å². The number of carbonyl (C=O) groups excluding carboxylic acids is 1. The molecule has 3 fully saturated rings. The van der Waals surface area contributed by atoms with Crippen molar-refractivity contribution in [1.29, 1.82) is 0 Å². The normalized spacial score (nSPS) is 26.9. The summed E-state index contributed by atoms with van der Waals surface area (Å²) in [6.07, 6.45) is 5.74. The lowest BCUT2D eigenvalue weighted by molar-refractivity contribution is 0.0713. The van der Waals surface area contributed by atoms with Gasteiger partial charge < -0.3 is 15.0 Å². The number of ether oxygens (including phenoxy) is 1. The zero-order valence-electron chi connectivity index (χ0n) is 15.5. The number of likely N-dealkylation sites (tertiary alicyclic amines) is 1. The highest BCUT2D eigenvalue weighted by atomic mass is 16.5. The first-order chi connectivity index (χ1) is 13.2. The van der Waals surface area contributed by atoms with Gasteiger partial charge in [-0.05, 0) is 36.5 Å². The van der Waals surface area contributed by atoms with E-state index in [1.54, 1.807) is 19.5 Å². The van der Waals surface area contributed by atoms with E-state index >= 15 is 0 Å². The van der Waals surface area contributed by atoms with Crippen molar-refractivity contribution < 1.29 is 9.53 Å². The zero-order chi connectivity index (χ0) is 18.4. The Balaban J connectivity index is 1.44. The van der Waals surface area contributed by atoms with Crippen molar-refractivity contribution in [1.82, 2.24) is 20.2 Å². The number of hydrogen-bond acceptors (Lipinski definition) is 5. The van der Waals surface area contributed by atoms with Gasteiger partial charge in [0.15, 0.2) is 0 Å². The van der Waals surface area contributed by atoms with Crippen LogP contribution in [-0.4, -0.2) is 47.5 Å². The van der Waals surface area contributed by atoms with Crippen molar-refractivity contribution in [3.8, 4) is 5.75 Å². The minimum atomic E-state index is 0.0348. The Kier molecular flexibility index (Phi) is 4.08. The lowest BCUT2D eigenvalue weighted by Crippen LogP contribution is -2.34. The molecule has 0 bridgehead atoms. The lowest BCUT2D eigenvalue weighted by atomic mass is 9.89. The van der Waals surface area contributed by atoms with Crippen LogP contribution >= 0.6 is 0 Å². The molecular formula is C21H24N4O2. The number of hydrogen-bond donors (Lipinski definition) is 1. The van der Waals surface area contributed by atoms with Crippen LogP contribution in [0.1, 0.15) is 46.5 Å². The van der Waals surface area contributed by atoms with Crippen LogP contribution in [0.2, 0.25) is 0 Å². The fourth-order valence-electron chi connectivity index (χ4n) is 4.52. The highest BCUT2D eigenvalue weighted by Gasteiger charge is 2.47. The van der Waals surface area contributed by atoms with Crippen LogP contribution in [0.5, 0.6) is 5.75 Å². The van der Waals surface area contributed by atoms with E-state index in [1.165, 1.54) is 0 Å². The van der Waals surface area contributed by atoms with Crippen molar-refractivity contribution in [3.63, 3.8) is 0 Å². The fraction of sp³-hybridized carbons (Fsp3) is 0.476. The van der Waals surface area contributed by atoms with E-state index < -0.39 is 0 Å². The summed E-state index contributed by atoms with van der Waals surface area (Å²) in [5, 5.41) is 3.49. The molecule has 6 heteroatoms. The van der Waals surface area contributed by atoms with Gasteiger partial charge in [0.05, 0.1) is 18.7 Å². The molecule has 2 aromatic rings. The van der Waals surface area contributed by atoms with Crippen LogP contribution in [0.3, 0.4) is 0 Å². The highest BCUT2D eigenvalue weighted by Crippen LogP contribution is 2.43. The number of amides is 1. The molecule has 3 aliphatic rings. The van der Waals surface area contributed by atoms with Crippen LogP contribution in [0.25, 0.3) is 0 Å². The summed E-state index contributed by atoms with van der Waals surface area (Å²) in [6, 6.07) is 8.18. The van der Waals surface area contributed by atoms with Gasteiger partial charge in [-0.2, -0.15) is 0 Å². The van der Waals surface area contributed by atoms with Crippen LogP contribution in [0, 0.1) is 11.8 Å². The Morgan fingerprint density at radius 3 is 2.56 bits per heavy atom. The zero-order valence-corrected chi connectivity index (χ0v) is 15.5. The molecule has 5 rings (SSSR count). The molecule has 0 unspecified atom stereocenters. The number of methoxy groups -OCH3 is 1. The van der Waals surface area contributed by atoms with Crippen LogP contribution in [0.15, 0.2) is 36.7 Å². The van der Waals surface area contributed by atoms with Crippen molar-refractivity contribution in [2.75, 3.05) is 26.7 Å². The number of fused-ring (bicyclic) bond motifs is 1. The molecule has 3 heterocycles. The molecule has 0 radical (unpaired) electrons. The number of rotatable bonds is 4. The van der Waals surface area contributed by atoms with Crippen LogP contribution in [0.4, 0.5) is 0 Å². The quantitative estimate of drug-likeness (QED) is 0.902. The number of nitrogens with zero attached hydrogens (tertiary/aromatic N) is 3. The predicted octanol–water partition coefficient (Wildman–Crippen LogP) is 2.40. The first-order valence-electron chi connectivity index (χ1n) is 9.72. The third-order valence-corrected chi connectivity index (χ3v) is 6.14. The average molecular weight is 364 g/mol. The number of aromatic nitrogens is 2. The van der Waals surface area contributed by atoms with E-state index in [0.717, 1.165) is 49.6 Å². The summed E-state index contributed by atoms with van der Waals surface area (Å²) >= 11 is 0. The second kappa shape index (κ2) is 6.60. The Morgan fingerprint density at radius 1 is 1.15 bits per heavy atom. The number of nitrogens with one attached hydrogen (secondary N) is 1. The van der Waals surface area contributed by atoms with E-state index in [4.69, 9.17) is 4.74 Å². The van der Waals surface area contributed by atoms with Gasteiger partial charge in [0.25, 0.3) is 5.91 Å². The number of benzene rings is 1. The summed E-state index contributed by atoms with van der Waals surface area (Å²) < 4.78 is 5.29. The summed E-state index contributed by atoms with van der Waals surface area (Å²) in [5.74, 6) is 3.17. The van der Waals surface area contributed by atoms with Gasteiger partial charge in [0.2, 0.25) is 0 Å². The summed E-state index contributed by atoms with van der Waals surface area (Å²) in [4.78, 5) is 24.2. The van der Waals surface area contributed by atoms with Gasteiger partial charge >= 0.3 is 0 Å². The summed E-state index contributed by atoms with van der Waals surface area (Å²) in [5.41, 5.74) is 1.75. The van der Waals surface area contributed by atoms with Crippen molar-refractivity contribution in [2.24, 2.45) is 11.8 Å². The van der Waals surface area contributed by atoms with Gasteiger partial charge in [-0.1, -0.05) is 12.1 Å². The molecule has 140 valence electrons. The third kappa shape index (κ3) is 2.98. The minimum absolute atomic E-state index is 0.0348. The van der Waals surface area contributed by atoms with E-state index in [-0.39, 0.29) is 11.9 Å². The SMILES string of the molecule is COc1ccc([C@H]2[C@H]3CNC[C@H]3CN2C(=O)c2cnc(C3CC3)nc2)cc1. The summed E-state index contributed by atoms with van der Waals surface area (Å²) in [7, 11) is 1.67. The molecule has 6 nitrogen and oxygen atoms in total. The average Bonchev–Trinajstić information content (AvgIpc) is 3.36. The smallest absolute Gasteiger partial charge is 0.257 e. The topological polar surface area (TPSA) is 67.3 Å². The molecule has 1 aromatic heterocycles. The summed E-state index contributed by atoms with van der Waals surface area (Å²) in [6.45, 7) is 2.69. The molecule has 1 saturated carbocycles. The second-order valence-corrected chi connectivity index (χ2v) is 7.86. The van der Waals surface area contributed by atoms with Gasteiger partial charge in [0, 0.05) is 43.9 Å². The molecule has 2 saturated heterocycles. The van der Waals surface area contributed by atoms with Gasteiger partial charge in [-0.3, -0.25) is 4.79 Å². The van der Waals surface area contributed by atoms with Gasteiger partial charge in [-0.15, -0.1) is 0 Å². The monoisotopic (exact) mass is 364 g/mol. The third-order valence-electron chi connectivity index (χ3n) is 6.14. The predicted molar refractivity (Wildman–Crippen MR) is 101 cm³/mol. The van der Waals surface area contributed by atoms with Crippen molar-refractivity contribution >= 4 is 5.91 Å². The Hall–Kier alpha value is -2.47. The van der Waals surface area contributed by atoms with E-state index in [9.17, 15) is 4.79 Å². The lowest BCUT2D eigenvalue weighted by Gasteiger charge is -2.28. The molecule has 0 spiro atoms. The largest absolute Gasteiger partial charge is 0.497 e. The molecule has 27 heavy (non-hydrogen) atoms. The molecule has 1 aliphatic carbocycles. The maximum Gasteiger partial charge on any atom is 0.257 e. The van der Waals surface area contributed by atoms with Crippen LogP contribution in [-0.2, 0) is 0 Å². The second-order valence-electron chi connectivity index (χ2n) is 7.86. The Bertz CT molecular complexity index is 832. The molecular weight excluding hydrogens is 340 g/mol. The molecule has 1 amide bonds. The first kappa shape index (κ1) is 16.7. The standard InChI is InChI=1S/C21H24N4O2/c1-27-17-6-4-13(5-7-17)19-18-11-22-8-16(18)12-25(19)21(26)15-9-23-20(24-10-15)14-2-3-14/h4-7,9-10,14,16,18-19,22H,2-3,8,11-12H2,1H3/t16-,18-,19-/m0/s1. The number of carbonyl (C=O) groups is 1. The maximum atomic E-state index is 13.3. The van der Waals surface area contributed by atoms with Gasteiger partial charge in [-0.25, -0.2) is 9.97 Å². The van der Waals surface area contributed by atoms with Crippen molar-refractivity contribution in [2.45, 2.75) is 24.8 Å². The Morgan fingerprint density at radius 2 is 1.89 bits per heavy atom. The van der Waals surface area contributed by atoms with Crippen molar-refractivity contribution in [3.05, 3.63) is 53.6 Å². The van der Waals surface area contributed by atoms with Gasteiger partial charge in [0.1, 0.15) is 11.6 Å².